The normalized spacial score (nSPS) is 12.7. The van der Waals surface area contributed by atoms with Crippen LogP contribution in [0.15, 0.2) is 52.9 Å². The Morgan fingerprint density at radius 3 is 2.73 bits per heavy atom. The number of thiophene rings is 1. The molecule has 0 unspecified atom stereocenters. The average Bonchev–Trinajstić information content (AvgIpc) is 3.31. The first-order valence-corrected chi connectivity index (χ1v) is 8.89. The number of nitrogens with zero attached hydrogens (tertiary/aromatic N) is 3. The molecule has 0 N–H and O–H groups in total. The molecule has 0 saturated carbocycles. The molecule has 0 atom stereocenters. The topological polar surface area (TPSA) is 66.2 Å². The van der Waals surface area contributed by atoms with Gasteiger partial charge in [-0.1, -0.05) is 6.07 Å². The van der Waals surface area contributed by atoms with Gasteiger partial charge in [0.2, 0.25) is 6.79 Å². The van der Waals surface area contributed by atoms with Crippen LogP contribution >= 0.6 is 11.3 Å². The quantitative estimate of drug-likeness (QED) is 0.546. The van der Waals surface area contributed by atoms with Crippen molar-refractivity contribution in [2.45, 2.75) is 0 Å². The minimum absolute atomic E-state index is 0.119. The lowest BCUT2D eigenvalue weighted by Crippen LogP contribution is -2.20. The molecule has 0 bridgehead atoms. The zero-order valence-corrected chi connectivity index (χ0v) is 14.6. The maximum absolute atomic E-state index is 12.8. The first kappa shape index (κ1) is 15.1. The molecule has 1 aliphatic heterocycles. The molecule has 26 heavy (non-hydrogen) atoms. The molecule has 7 heteroatoms. The minimum Gasteiger partial charge on any atom is -0.454 e. The van der Waals surface area contributed by atoms with Gasteiger partial charge in [0.15, 0.2) is 11.5 Å². The van der Waals surface area contributed by atoms with E-state index in [-0.39, 0.29) is 12.4 Å². The lowest BCUT2D eigenvalue weighted by Gasteiger charge is -2.07. The van der Waals surface area contributed by atoms with Crippen LogP contribution in [-0.2, 0) is 7.05 Å². The summed E-state index contributed by atoms with van der Waals surface area (Å²) in [6.45, 7) is 0.223. The van der Waals surface area contributed by atoms with Gasteiger partial charge >= 0.3 is 0 Å². The second-order valence-electron chi connectivity index (χ2n) is 5.93. The maximum Gasteiger partial charge on any atom is 0.275 e. The molecule has 0 radical (unpaired) electrons. The average molecular weight is 363 g/mol. The highest BCUT2D eigenvalue weighted by Crippen LogP contribution is 2.40. The van der Waals surface area contributed by atoms with E-state index in [0.29, 0.717) is 11.1 Å². The summed E-state index contributed by atoms with van der Waals surface area (Å²) in [6.07, 6.45) is 3.45. The van der Waals surface area contributed by atoms with E-state index in [0.717, 1.165) is 32.8 Å². The molecule has 4 aromatic rings. The van der Waals surface area contributed by atoms with Crippen LogP contribution in [0, 0.1) is 0 Å². The van der Waals surface area contributed by atoms with Crippen molar-refractivity contribution < 1.29 is 9.47 Å². The molecule has 5 rings (SSSR count). The Morgan fingerprint density at radius 2 is 1.88 bits per heavy atom. The molecule has 0 fully saturated rings. The fraction of sp³-hybridized carbons (Fsp3) is 0.105. The molecule has 4 heterocycles. The highest BCUT2D eigenvalue weighted by atomic mass is 32.1. The molecular weight excluding hydrogens is 350 g/mol. The summed E-state index contributed by atoms with van der Waals surface area (Å²) in [6, 6.07) is 9.52. The lowest BCUT2D eigenvalue weighted by atomic mass is 10.0. The van der Waals surface area contributed by atoms with E-state index < -0.39 is 0 Å². The maximum atomic E-state index is 12.8. The van der Waals surface area contributed by atoms with E-state index in [2.05, 4.69) is 10.1 Å². The fourth-order valence-electron chi connectivity index (χ4n) is 3.12. The third-order valence-corrected chi connectivity index (χ3v) is 5.39. The fourth-order valence-corrected chi connectivity index (χ4v) is 4.20. The van der Waals surface area contributed by atoms with Crippen LogP contribution in [0.25, 0.3) is 32.5 Å². The standard InChI is InChI=1S/C19H13N3O3S/c1-22-19(23)16-13(12-2-3-14-15(8-12)25-10-24-14)9-26-18(16)17(21-22)11-4-6-20-7-5-11/h2-9H,10H2,1H3. The summed E-state index contributed by atoms with van der Waals surface area (Å²) >= 11 is 1.52. The Balaban J connectivity index is 1.78. The second-order valence-corrected chi connectivity index (χ2v) is 6.81. The Hall–Kier alpha value is -3.19. The van der Waals surface area contributed by atoms with Crippen molar-refractivity contribution in [2.24, 2.45) is 7.05 Å². The predicted molar refractivity (Wildman–Crippen MR) is 99.7 cm³/mol. The molecule has 128 valence electrons. The summed E-state index contributed by atoms with van der Waals surface area (Å²) in [5.41, 5.74) is 3.39. The molecule has 0 spiro atoms. The number of hydrogen-bond acceptors (Lipinski definition) is 6. The van der Waals surface area contributed by atoms with Gasteiger partial charge in [-0.05, 0) is 29.8 Å². The highest BCUT2D eigenvalue weighted by Gasteiger charge is 2.20. The molecule has 0 aliphatic carbocycles. The van der Waals surface area contributed by atoms with Crippen molar-refractivity contribution >= 4 is 21.4 Å². The van der Waals surface area contributed by atoms with Crippen LogP contribution in [-0.4, -0.2) is 21.6 Å². The second kappa shape index (κ2) is 5.67. The van der Waals surface area contributed by atoms with E-state index in [1.807, 2.05) is 35.7 Å². The number of benzene rings is 1. The largest absolute Gasteiger partial charge is 0.454 e. The third-order valence-electron chi connectivity index (χ3n) is 4.40. The Bertz CT molecular complexity index is 1200. The summed E-state index contributed by atoms with van der Waals surface area (Å²) in [7, 11) is 1.67. The summed E-state index contributed by atoms with van der Waals surface area (Å²) in [4.78, 5) is 16.9. The monoisotopic (exact) mass is 363 g/mol. The van der Waals surface area contributed by atoms with Gasteiger partial charge in [-0.2, -0.15) is 5.10 Å². The first-order valence-electron chi connectivity index (χ1n) is 8.01. The van der Waals surface area contributed by atoms with Gasteiger partial charge in [0, 0.05) is 35.9 Å². The van der Waals surface area contributed by atoms with Crippen molar-refractivity contribution in [1.82, 2.24) is 14.8 Å². The Labute approximate surface area is 152 Å². The van der Waals surface area contributed by atoms with E-state index in [4.69, 9.17) is 9.47 Å². The molecule has 3 aromatic heterocycles. The number of aryl methyl sites for hydroxylation is 1. The first-order chi connectivity index (χ1) is 12.7. The van der Waals surface area contributed by atoms with Gasteiger partial charge in [0.1, 0.15) is 5.69 Å². The lowest BCUT2D eigenvalue weighted by molar-refractivity contribution is 0.174. The van der Waals surface area contributed by atoms with Crippen LogP contribution < -0.4 is 15.0 Å². The smallest absolute Gasteiger partial charge is 0.275 e. The summed E-state index contributed by atoms with van der Waals surface area (Å²) in [5.74, 6) is 1.42. The highest BCUT2D eigenvalue weighted by molar-refractivity contribution is 7.18. The number of hydrogen-bond donors (Lipinski definition) is 0. The van der Waals surface area contributed by atoms with E-state index in [9.17, 15) is 4.79 Å². The van der Waals surface area contributed by atoms with Gasteiger partial charge < -0.3 is 9.47 Å². The molecule has 0 saturated heterocycles. The molecular formula is C19H13N3O3S. The summed E-state index contributed by atoms with van der Waals surface area (Å²) < 4.78 is 13.1. The SMILES string of the molecule is Cn1nc(-c2ccncc2)c2scc(-c3ccc4c(c3)OCO4)c2c1=O. The summed E-state index contributed by atoms with van der Waals surface area (Å²) in [5, 5.41) is 7.14. The number of rotatable bonds is 2. The third kappa shape index (κ3) is 2.21. The van der Waals surface area contributed by atoms with E-state index in [1.165, 1.54) is 16.0 Å². The van der Waals surface area contributed by atoms with E-state index in [1.54, 1.807) is 19.4 Å². The zero-order valence-electron chi connectivity index (χ0n) is 13.8. The van der Waals surface area contributed by atoms with Crippen LogP contribution in [0.4, 0.5) is 0 Å². The number of pyridine rings is 1. The molecule has 6 nitrogen and oxygen atoms in total. The Morgan fingerprint density at radius 1 is 1.08 bits per heavy atom. The molecule has 1 aliphatic rings. The van der Waals surface area contributed by atoms with Crippen LogP contribution in [0.1, 0.15) is 0 Å². The van der Waals surface area contributed by atoms with Crippen LogP contribution in [0.3, 0.4) is 0 Å². The van der Waals surface area contributed by atoms with Crippen molar-refractivity contribution in [2.75, 3.05) is 6.79 Å². The number of aromatic nitrogens is 3. The van der Waals surface area contributed by atoms with Gasteiger partial charge in [0.25, 0.3) is 5.56 Å². The van der Waals surface area contributed by atoms with Gasteiger partial charge in [0.05, 0.1) is 10.1 Å². The van der Waals surface area contributed by atoms with Gasteiger partial charge in [-0.15, -0.1) is 11.3 Å². The van der Waals surface area contributed by atoms with Gasteiger partial charge in [-0.3, -0.25) is 9.78 Å². The number of ether oxygens (including phenoxy) is 2. The van der Waals surface area contributed by atoms with Crippen molar-refractivity contribution in [3.05, 3.63) is 58.5 Å². The van der Waals surface area contributed by atoms with Crippen LogP contribution in [0.5, 0.6) is 11.5 Å². The predicted octanol–water partition coefficient (Wildman–Crippen LogP) is 3.45. The van der Waals surface area contributed by atoms with Crippen molar-refractivity contribution in [3.8, 4) is 33.9 Å². The number of fused-ring (bicyclic) bond motifs is 2. The van der Waals surface area contributed by atoms with E-state index >= 15 is 0 Å². The van der Waals surface area contributed by atoms with Gasteiger partial charge in [-0.25, -0.2) is 4.68 Å². The molecule has 0 amide bonds. The zero-order chi connectivity index (χ0) is 17.7. The molecule has 1 aromatic carbocycles. The Kier molecular flexibility index (Phi) is 3.29. The minimum atomic E-state index is -0.119. The van der Waals surface area contributed by atoms with Crippen molar-refractivity contribution in [1.29, 1.82) is 0 Å². The van der Waals surface area contributed by atoms with Crippen molar-refractivity contribution in [3.63, 3.8) is 0 Å². The van der Waals surface area contributed by atoms with Crippen LogP contribution in [0.2, 0.25) is 0 Å².